The van der Waals surface area contributed by atoms with Crippen LogP contribution in [0.15, 0.2) is 42.5 Å². The number of benzene rings is 2. The van der Waals surface area contributed by atoms with Gasteiger partial charge in [-0.15, -0.1) is 0 Å². The molecule has 5 heteroatoms. The van der Waals surface area contributed by atoms with E-state index in [1.807, 2.05) is 0 Å². The van der Waals surface area contributed by atoms with Gasteiger partial charge in [-0.1, -0.05) is 23.7 Å². The lowest BCUT2D eigenvalue weighted by Crippen LogP contribution is -2.05. The van der Waals surface area contributed by atoms with Crippen molar-refractivity contribution in [3.8, 4) is 5.75 Å². The lowest BCUT2D eigenvalue weighted by Gasteiger charge is -2.07. The molecule has 2 aromatic rings. The minimum absolute atomic E-state index is 0.0863. The van der Waals surface area contributed by atoms with E-state index in [1.165, 1.54) is 18.2 Å². The Morgan fingerprint density at radius 3 is 2.53 bits per heavy atom. The van der Waals surface area contributed by atoms with E-state index in [1.54, 1.807) is 24.3 Å². The monoisotopic (exact) mass is 277 g/mol. The molecule has 2 rings (SSSR count). The topological polar surface area (TPSA) is 72.6 Å². The predicted octanol–water partition coefficient (Wildman–Crippen LogP) is 2.98. The molecule has 0 unspecified atom stereocenters. The fourth-order valence-electron chi connectivity index (χ4n) is 1.53. The summed E-state index contributed by atoms with van der Waals surface area (Å²) in [4.78, 5) is 11.8. The van der Waals surface area contributed by atoms with Crippen LogP contribution in [0.3, 0.4) is 0 Å². The molecule has 0 spiro atoms. The highest BCUT2D eigenvalue weighted by Gasteiger charge is 2.12. The molecule has 0 radical (unpaired) electrons. The van der Waals surface area contributed by atoms with Crippen LogP contribution in [0.25, 0.3) is 0 Å². The third-order valence-electron chi connectivity index (χ3n) is 2.52. The second-order valence-electron chi connectivity index (χ2n) is 3.98. The summed E-state index contributed by atoms with van der Waals surface area (Å²) in [6, 6.07) is 11.2. The van der Waals surface area contributed by atoms with Crippen LogP contribution in [0.1, 0.15) is 15.9 Å². The van der Waals surface area contributed by atoms with E-state index in [4.69, 9.17) is 22.1 Å². The van der Waals surface area contributed by atoms with Crippen LogP contribution in [-0.2, 0) is 11.3 Å². The molecule has 3 N–H and O–H groups in total. The SMILES string of the molecule is Nc1ccc(C(=O)OCc2ccc(Cl)cc2)c(O)c1. The molecule has 0 aliphatic carbocycles. The zero-order valence-corrected chi connectivity index (χ0v) is 10.7. The number of nitrogen functional groups attached to an aromatic ring is 1. The van der Waals surface area contributed by atoms with Crippen molar-refractivity contribution in [2.24, 2.45) is 0 Å². The Bertz CT molecular complexity index is 596. The molecule has 0 aliphatic rings. The Balaban J connectivity index is 2.03. The van der Waals surface area contributed by atoms with Gasteiger partial charge in [0.05, 0.1) is 0 Å². The van der Waals surface area contributed by atoms with Crippen molar-refractivity contribution in [3.63, 3.8) is 0 Å². The molecule has 98 valence electrons. The molecule has 19 heavy (non-hydrogen) atoms. The minimum atomic E-state index is -0.604. The van der Waals surface area contributed by atoms with E-state index in [9.17, 15) is 9.90 Å². The summed E-state index contributed by atoms with van der Waals surface area (Å²) in [5.41, 5.74) is 6.76. The zero-order chi connectivity index (χ0) is 13.8. The molecular weight excluding hydrogens is 266 g/mol. The highest BCUT2D eigenvalue weighted by molar-refractivity contribution is 6.30. The van der Waals surface area contributed by atoms with Gasteiger partial charge in [0.15, 0.2) is 0 Å². The van der Waals surface area contributed by atoms with E-state index in [2.05, 4.69) is 0 Å². The first kappa shape index (κ1) is 13.2. The van der Waals surface area contributed by atoms with E-state index in [0.29, 0.717) is 10.7 Å². The number of carbonyl (C=O) groups excluding carboxylic acids is 1. The third kappa shape index (κ3) is 3.39. The fraction of sp³-hybridized carbons (Fsp3) is 0.0714. The van der Waals surface area contributed by atoms with Crippen molar-refractivity contribution in [1.29, 1.82) is 0 Å². The van der Waals surface area contributed by atoms with Gasteiger partial charge in [-0.3, -0.25) is 0 Å². The number of anilines is 1. The summed E-state index contributed by atoms with van der Waals surface area (Å²) in [6.45, 7) is 0.111. The third-order valence-corrected chi connectivity index (χ3v) is 2.78. The Morgan fingerprint density at radius 1 is 1.21 bits per heavy atom. The summed E-state index contributed by atoms with van der Waals surface area (Å²) >= 11 is 5.75. The molecule has 2 aromatic carbocycles. The van der Waals surface area contributed by atoms with E-state index < -0.39 is 5.97 Å². The van der Waals surface area contributed by atoms with Crippen LogP contribution in [0.5, 0.6) is 5.75 Å². The molecule has 0 fully saturated rings. The van der Waals surface area contributed by atoms with Gasteiger partial charge in [-0.2, -0.15) is 0 Å². The van der Waals surface area contributed by atoms with Crippen LogP contribution >= 0.6 is 11.6 Å². The fourth-order valence-corrected chi connectivity index (χ4v) is 1.65. The van der Waals surface area contributed by atoms with Crippen LogP contribution in [0.2, 0.25) is 5.02 Å². The molecule has 0 aliphatic heterocycles. The highest BCUT2D eigenvalue weighted by Crippen LogP contribution is 2.21. The van der Waals surface area contributed by atoms with Crippen LogP contribution < -0.4 is 5.73 Å². The van der Waals surface area contributed by atoms with Gasteiger partial charge in [0.25, 0.3) is 0 Å². The summed E-state index contributed by atoms with van der Waals surface area (Å²) in [7, 11) is 0. The number of halogens is 1. The molecule has 0 heterocycles. The first-order valence-corrected chi connectivity index (χ1v) is 5.94. The normalized spacial score (nSPS) is 10.2. The average molecular weight is 278 g/mol. The second-order valence-corrected chi connectivity index (χ2v) is 4.42. The second kappa shape index (κ2) is 5.63. The molecule has 0 saturated heterocycles. The van der Waals surface area contributed by atoms with E-state index >= 15 is 0 Å². The van der Waals surface area contributed by atoms with Gasteiger partial charge in [0, 0.05) is 16.8 Å². The first-order chi connectivity index (χ1) is 9.06. The number of phenolic OH excluding ortho intramolecular Hbond substituents is 1. The number of esters is 1. The van der Waals surface area contributed by atoms with Crippen molar-refractivity contribution < 1.29 is 14.6 Å². The Kier molecular flexibility index (Phi) is 3.92. The first-order valence-electron chi connectivity index (χ1n) is 5.56. The van der Waals surface area contributed by atoms with Crippen molar-refractivity contribution >= 4 is 23.3 Å². The summed E-state index contributed by atoms with van der Waals surface area (Å²) in [6.07, 6.45) is 0. The number of rotatable bonds is 3. The molecule has 0 atom stereocenters. The molecular formula is C14H12ClNO3. The van der Waals surface area contributed by atoms with E-state index in [0.717, 1.165) is 5.56 Å². The standard InChI is InChI=1S/C14H12ClNO3/c15-10-3-1-9(2-4-10)8-19-14(18)12-6-5-11(16)7-13(12)17/h1-7,17H,8,16H2. The van der Waals surface area contributed by atoms with Gasteiger partial charge < -0.3 is 15.6 Å². The number of nitrogens with two attached hydrogens (primary N) is 1. The van der Waals surface area contributed by atoms with Crippen LogP contribution in [-0.4, -0.2) is 11.1 Å². The Hall–Kier alpha value is -2.20. The maximum Gasteiger partial charge on any atom is 0.342 e. The smallest absolute Gasteiger partial charge is 0.342 e. The molecule has 0 amide bonds. The van der Waals surface area contributed by atoms with Crippen molar-refractivity contribution in [2.75, 3.05) is 5.73 Å². The van der Waals surface area contributed by atoms with Crippen molar-refractivity contribution in [3.05, 3.63) is 58.6 Å². The minimum Gasteiger partial charge on any atom is -0.507 e. The predicted molar refractivity (Wildman–Crippen MR) is 73.1 cm³/mol. The molecule has 0 saturated carbocycles. The molecule has 0 aromatic heterocycles. The number of hydrogen-bond donors (Lipinski definition) is 2. The number of carbonyl (C=O) groups is 1. The zero-order valence-electron chi connectivity index (χ0n) is 9.97. The Morgan fingerprint density at radius 2 is 1.89 bits per heavy atom. The number of hydrogen-bond acceptors (Lipinski definition) is 4. The lowest BCUT2D eigenvalue weighted by molar-refractivity contribution is 0.0469. The maximum atomic E-state index is 11.8. The lowest BCUT2D eigenvalue weighted by atomic mass is 10.2. The number of aromatic hydroxyl groups is 1. The summed E-state index contributed by atoms with van der Waals surface area (Å²) in [5.74, 6) is -0.798. The quantitative estimate of drug-likeness (QED) is 0.668. The summed E-state index contributed by atoms with van der Waals surface area (Å²) < 4.78 is 5.09. The molecule has 4 nitrogen and oxygen atoms in total. The van der Waals surface area contributed by atoms with Gasteiger partial charge in [-0.05, 0) is 29.8 Å². The molecule has 0 bridgehead atoms. The maximum absolute atomic E-state index is 11.8. The Labute approximate surface area is 115 Å². The average Bonchev–Trinajstić information content (AvgIpc) is 2.37. The number of phenols is 1. The highest BCUT2D eigenvalue weighted by atomic mass is 35.5. The van der Waals surface area contributed by atoms with Crippen molar-refractivity contribution in [1.82, 2.24) is 0 Å². The van der Waals surface area contributed by atoms with Gasteiger partial charge >= 0.3 is 5.97 Å². The van der Waals surface area contributed by atoms with E-state index in [-0.39, 0.29) is 17.9 Å². The van der Waals surface area contributed by atoms with Crippen molar-refractivity contribution in [2.45, 2.75) is 6.61 Å². The largest absolute Gasteiger partial charge is 0.507 e. The van der Waals surface area contributed by atoms with Crippen LogP contribution in [0.4, 0.5) is 5.69 Å². The van der Waals surface area contributed by atoms with Crippen LogP contribution in [0, 0.1) is 0 Å². The van der Waals surface area contributed by atoms with Gasteiger partial charge in [0.1, 0.15) is 17.9 Å². The van der Waals surface area contributed by atoms with Gasteiger partial charge in [0.2, 0.25) is 0 Å². The summed E-state index contributed by atoms with van der Waals surface area (Å²) in [5, 5.41) is 10.2. The number of ether oxygens (including phenoxy) is 1. The van der Waals surface area contributed by atoms with Gasteiger partial charge in [-0.25, -0.2) is 4.79 Å².